The van der Waals surface area contributed by atoms with Crippen LogP contribution in [0.4, 0.5) is 0 Å². The molecule has 1 N–H and O–H groups in total. The van der Waals surface area contributed by atoms with Gasteiger partial charge in [-0.15, -0.1) is 21.5 Å². The van der Waals surface area contributed by atoms with Gasteiger partial charge < -0.3 is 9.67 Å². The minimum atomic E-state index is -0.836. The van der Waals surface area contributed by atoms with Gasteiger partial charge in [0.25, 0.3) is 0 Å². The van der Waals surface area contributed by atoms with E-state index in [4.69, 9.17) is 5.11 Å². The molecule has 0 unspecified atom stereocenters. The van der Waals surface area contributed by atoms with Crippen LogP contribution in [-0.4, -0.2) is 31.6 Å². The quantitative estimate of drug-likeness (QED) is 0.860. The number of rotatable bonds is 5. The summed E-state index contributed by atoms with van der Waals surface area (Å²) in [6.45, 7) is 2.77. The van der Waals surface area contributed by atoms with Gasteiger partial charge >= 0.3 is 5.97 Å². The number of nitrogens with zero attached hydrogens (tertiary/aromatic N) is 3. The second-order valence-electron chi connectivity index (χ2n) is 4.65. The lowest BCUT2D eigenvalue weighted by molar-refractivity contribution is -0.133. The Kier molecular flexibility index (Phi) is 3.80. The molecule has 1 aliphatic carbocycles. The molecule has 2 heterocycles. The molecule has 20 heavy (non-hydrogen) atoms. The summed E-state index contributed by atoms with van der Waals surface area (Å²) in [4.78, 5) is 13.3. The SMILES string of the molecule is CCn1c(SCC(=O)O)nnc1-c1cc2c(s1)CCC2. The highest BCUT2D eigenvalue weighted by molar-refractivity contribution is 7.99. The number of hydrogen-bond donors (Lipinski definition) is 1. The molecule has 2 aromatic rings. The Morgan fingerprint density at radius 1 is 1.50 bits per heavy atom. The third-order valence-corrected chi connectivity index (χ3v) is 5.51. The van der Waals surface area contributed by atoms with E-state index in [-0.39, 0.29) is 5.75 Å². The van der Waals surface area contributed by atoms with Crippen LogP contribution in [0.3, 0.4) is 0 Å². The van der Waals surface area contributed by atoms with Gasteiger partial charge in [-0.2, -0.15) is 0 Å². The Hall–Kier alpha value is -1.34. The number of carbonyl (C=O) groups is 1. The Morgan fingerprint density at radius 3 is 3.05 bits per heavy atom. The van der Waals surface area contributed by atoms with Crippen LogP contribution in [0.1, 0.15) is 23.8 Å². The van der Waals surface area contributed by atoms with Crippen molar-refractivity contribution in [2.24, 2.45) is 0 Å². The normalized spacial score (nSPS) is 13.7. The highest BCUT2D eigenvalue weighted by Gasteiger charge is 2.20. The molecule has 2 aromatic heterocycles. The topological polar surface area (TPSA) is 68.0 Å². The number of hydrogen-bond acceptors (Lipinski definition) is 5. The van der Waals surface area contributed by atoms with Crippen molar-refractivity contribution in [3.05, 3.63) is 16.5 Å². The first-order valence-corrected chi connectivity index (χ1v) is 8.39. The molecule has 0 saturated heterocycles. The van der Waals surface area contributed by atoms with Gasteiger partial charge in [-0.05, 0) is 37.8 Å². The second-order valence-corrected chi connectivity index (χ2v) is 6.72. The molecule has 0 fully saturated rings. The summed E-state index contributed by atoms with van der Waals surface area (Å²) in [6, 6.07) is 2.22. The van der Waals surface area contributed by atoms with E-state index in [0.717, 1.165) is 23.7 Å². The first kappa shape index (κ1) is 13.6. The number of aromatic nitrogens is 3. The Labute approximate surface area is 125 Å². The zero-order valence-electron chi connectivity index (χ0n) is 11.1. The maximum absolute atomic E-state index is 10.7. The van der Waals surface area contributed by atoms with Crippen molar-refractivity contribution in [3.63, 3.8) is 0 Å². The van der Waals surface area contributed by atoms with Gasteiger partial charge in [0.15, 0.2) is 11.0 Å². The molecule has 7 heteroatoms. The van der Waals surface area contributed by atoms with Crippen molar-refractivity contribution in [2.45, 2.75) is 37.9 Å². The lowest BCUT2D eigenvalue weighted by Crippen LogP contribution is -2.03. The van der Waals surface area contributed by atoms with Gasteiger partial charge in [0.1, 0.15) is 0 Å². The maximum Gasteiger partial charge on any atom is 0.313 e. The lowest BCUT2D eigenvalue weighted by atomic mass is 10.2. The van der Waals surface area contributed by atoms with Gasteiger partial charge in [-0.1, -0.05) is 11.8 Å². The van der Waals surface area contributed by atoms with Crippen LogP contribution in [0.15, 0.2) is 11.2 Å². The molecular formula is C13H15N3O2S2. The van der Waals surface area contributed by atoms with Crippen LogP contribution in [0.25, 0.3) is 10.7 Å². The third kappa shape index (κ3) is 2.47. The summed E-state index contributed by atoms with van der Waals surface area (Å²) >= 11 is 3.01. The van der Waals surface area contributed by atoms with Gasteiger partial charge in [0, 0.05) is 11.4 Å². The van der Waals surface area contributed by atoms with E-state index in [0.29, 0.717) is 5.16 Å². The van der Waals surface area contributed by atoms with E-state index < -0.39 is 5.97 Å². The van der Waals surface area contributed by atoms with Crippen molar-refractivity contribution >= 4 is 29.1 Å². The Morgan fingerprint density at radius 2 is 2.35 bits per heavy atom. The van der Waals surface area contributed by atoms with E-state index in [1.54, 1.807) is 11.3 Å². The molecule has 1 aliphatic rings. The minimum Gasteiger partial charge on any atom is -0.481 e. The molecule has 5 nitrogen and oxygen atoms in total. The fraction of sp³-hybridized carbons (Fsp3) is 0.462. The fourth-order valence-corrected chi connectivity index (χ4v) is 4.40. The summed E-state index contributed by atoms with van der Waals surface area (Å²) in [5, 5.41) is 17.8. The van der Waals surface area contributed by atoms with Crippen molar-refractivity contribution in [3.8, 4) is 10.7 Å². The van der Waals surface area contributed by atoms with Crippen LogP contribution in [0.2, 0.25) is 0 Å². The zero-order chi connectivity index (χ0) is 14.1. The van der Waals surface area contributed by atoms with Crippen LogP contribution in [0.5, 0.6) is 0 Å². The molecule has 0 atom stereocenters. The Bertz CT molecular complexity index is 627. The number of aryl methyl sites for hydroxylation is 2. The van der Waals surface area contributed by atoms with Crippen LogP contribution < -0.4 is 0 Å². The number of fused-ring (bicyclic) bond motifs is 1. The number of thiophene rings is 1. The second kappa shape index (κ2) is 5.57. The number of carboxylic acids is 1. The first-order chi connectivity index (χ1) is 9.69. The van der Waals surface area contributed by atoms with Crippen LogP contribution >= 0.6 is 23.1 Å². The highest BCUT2D eigenvalue weighted by atomic mass is 32.2. The summed E-state index contributed by atoms with van der Waals surface area (Å²) in [7, 11) is 0. The standard InChI is InChI=1S/C13H15N3O2S2/c1-2-16-12(14-15-13(16)19-7-11(17)18)10-6-8-4-3-5-9(8)20-10/h6H,2-5,7H2,1H3,(H,17,18). The summed E-state index contributed by atoms with van der Waals surface area (Å²) in [6.07, 6.45) is 3.58. The number of aliphatic carboxylic acids is 1. The molecule has 0 aromatic carbocycles. The predicted molar refractivity (Wildman–Crippen MR) is 79.4 cm³/mol. The molecular weight excluding hydrogens is 294 g/mol. The largest absolute Gasteiger partial charge is 0.481 e. The number of carboxylic acid groups (broad SMARTS) is 1. The van der Waals surface area contributed by atoms with Gasteiger partial charge in [-0.25, -0.2) is 0 Å². The van der Waals surface area contributed by atoms with Crippen LogP contribution in [0, 0.1) is 0 Å². The van der Waals surface area contributed by atoms with E-state index >= 15 is 0 Å². The predicted octanol–water partition coefficient (Wildman–Crippen LogP) is 2.69. The van der Waals surface area contributed by atoms with E-state index in [2.05, 4.69) is 16.3 Å². The van der Waals surface area contributed by atoms with E-state index in [1.165, 1.54) is 35.0 Å². The molecule has 0 saturated carbocycles. The molecule has 106 valence electrons. The molecule has 0 radical (unpaired) electrons. The fourth-order valence-electron chi connectivity index (χ4n) is 2.43. The zero-order valence-corrected chi connectivity index (χ0v) is 12.8. The van der Waals surface area contributed by atoms with E-state index in [9.17, 15) is 4.79 Å². The summed E-state index contributed by atoms with van der Waals surface area (Å²) in [5.74, 6) is 0.0381. The minimum absolute atomic E-state index is 0.0130. The lowest BCUT2D eigenvalue weighted by Gasteiger charge is -2.04. The van der Waals surface area contributed by atoms with Crippen molar-refractivity contribution in [1.29, 1.82) is 0 Å². The summed E-state index contributed by atoms with van der Waals surface area (Å²) < 4.78 is 1.99. The first-order valence-electron chi connectivity index (χ1n) is 6.58. The van der Waals surface area contributed by atoms with E-state index in [1.807, 2.05) is 11.5 Å². The van der Waals surface area contributed by atoms with Gasteiger partial charge in [0.2, 0.25) is 0 Å². The summed E-state index contributed by atoms with van der Waals surface area (Å²) in [5.41, 5.74) is 1.44. The third-order valence-electron chi connectivity index (χ3n) is 3.32. The number of thioether (sulfide) groups is 1. The van der Waals surface area contributed by atoms with Crippen molar-refractivity contribution in [2.75, 3.05) is 5.75 Å². The van der Waals surface area contributed by atoms with Crippen molar-refractivity contribution < 1.29 is 9.90 Å². The average molecular weight is 309 g/mol. The van der Waals surface area contributed by atoms with Crippen LogP contribution in [-0.2, 0) is 24.2 Å². The average Bonchev–Trinajstić information content (AvgIpc) is 3.08. The molecule has 0 spiro atoms. The molecule has 0 aliphatic heterocycles. The highest BCUT2D eigenvalue weighted by Crippen LogP contribution is 2.36. The van der Waals surface area contributed by atoms with Gasteiger partial charge in [0.05, 0.1) is 10.6 Å². The molecule has 3 rings (SSSR count). The molecule has 0 amide bonds. The maximum atomic E-state index is 10.7. The monoisotopic (exact) mass is 309 g/mol. The smallest absolute Gasteiger partial charge is 0.313 e. The molecule has 0 bridgehead atoms. The van der Waals surface area contributed by atoms with Gasteiger partial charge in [-0.3, -0.25) is 4.79 Å². The Balaban J connectivity index is 1.90. The van der Waals surface area contributed by atoms with Crippen molar-refractivity contribution in [1.82, 2.24) is 14.8 Å².